The zero-order valence-electron chi connectivity index (χ0n) is 14.4. The molecule has 1 aromatic heterocycles. The standard InChI is InChI=1S/C21H22N2O2/c1-2-23(13-12-16-8-4-3-5-9-16)20(24)15-18-14-17-10-6-7-11-19(17)22-21(18)25/h3-11,14H,2,12-13,15H2,1H3,(H,22,25). The van der Waals surface area contributed by atoms with Crippen molar-refractivity contribution in [2.24, 2.45) is 0 Å². The first-order chi connectivity index (χ1) is 12.2. The fourth-order valence-electron chi connectivity index (χ4n) is 2.97. The molecule has 1 amide bonds. The van der Waals surface area contributed by atoms with Crippen LogP contribution in [0.2, 0.25) is 0 Å². The van der Waals surface area contributed by atoms with Crippen LogP contribution in [0.5, 0.6) is 0 Å². The zero-order chi connectivity index (χ0) is 17.6. The summed E-state index contributed by atoms with van der Waals surface area (Å²) in [6.07, 6.45) is 0.942. The lowest BCUT2D eigenvalue weighted by Gasteiger charge is -2.21. The van der Waals surface area contributed by atoms with Gasteiger partial charge in [0.1, 0.15) is 0 Å². The largest absolute Gasteiger partial charge is 0.342 e. The van der Waals surface area contributed by atoms with Crippen LogP contribution in [-0.2, 0) is 17.6 Å². The van der Waals surface area contributed by atoms with Crippen molar-refractivity contribution >= 4 is 16.8 Å². The number of hydrogen-bond acceptors (Lipinski definition) is 2. The number of H-pyrrole nitrogens is 1. The number of aromatic amines is 1. The molecular formula is C21H22N2O2. The molecular weight excluding hydrogens is 312 g/mol. The average molecular weight is 334 g/mol. The molecule has 0 aliphatic heterocycles. The smallest absolute Gasteiger partial charge is 0.252 e. The van der Waals surface area contributed by atoms with Crippen molar-refractivity contribution in [1.82, 2.24) is 9.88 Å². The van der Waals surface area contributed by atoms with Crippen LogP contribution in [0.1, 0.15) is 18.1 Å². The van der Waals surface area contributed by atoms with Crippen molar-refractivity contribution < 1.29 is 4.79 Å². The van der Waals surface area contributed by atoms with Crippen molar-refractivity contribution in [2.75, 3.05) is 13.1 Å². The molecule has 0 unspecified atom stereocenters. The molecule has 2 aromatic carbocycles. The fraction of sp³-hybridized carbons (Fsp3) is 0.238. The lowest BCUT2D eigenvalue weighted by Crippen LogP contribution is -2.35. The lowest BCUT2D eigenvalue weighted by atomic mass is 10.1. The van der Waals surface area contributed by atoms with Gasteiger partial charge in [-0.05, 0) is 36.4 Å². The van der Waals surface area contributed by atoms with Crippen molar-refractivity contribution in [3.63, 3.8) is 0 Å². The van der Waals surface area contributed by atoms with Gasteiger partial charge in [0.25, 0.3) is 5.56 Å². The van der Waals surface area contributed by atoms with E-state index in [0.717, 1.165) is 17.3 Å². The third-order valence-corrected chi connectivity index (χ3v) is 4.42. The highest BCUT2D eigenvalue weighted by molar-refractivity contribution is 5.82. The quantitative estimate of drug-likeness (QED) is 0.753. The van der Waals surface area contributed by atoms with E-state index in [9.17, 15) is 9.59 Å². The maximum Gasteiger partial charge on any atom is 0.252 e. The number of hydrogen-bond donors (Lipinski definition) is 1. The molecule has 0 radical (unpaired) electrons. The van der Waals surface area contributed by atoms with E-state index in [1.54, 1.807) is 0 Å². The molecule has 1 heterocycles. The Morgan fingerprint density at radius 3 is 2.52 bits per heavy atom. The third-order valence-electron chi connectivity index (χ3n) is 4.42. The SMILES string of the molecule is CCN(CCc1ccccc1)C(=O)Cc1cc2ccccc2[nH]c1=O. The van der Waals surface area contributed by atoms with Crippen LogP contribution in [0.3, 0.4) is 0 Å². The van der Waals surface area contributed by atoms with Crippen molar-refractivity contribution in [1.29, 1.82) is 0 Å². The van der Waals surface area contributed by atoms with Crippen LogP contribution >= 0.6 is 0 Å². The predicted octanol–water partition coefficient (Wildman–Crippen LogP) is 3.16. The maximum atomic E-state index is 12.6. The molecule has 0 aliphatic rings. The van der Waals surface area contributed by atoms with Crippen molar-refractivity contribution in [2.45, 2.75) is 19.8 Å². The van der Waals surface area contributed by atoms with E-state index in [4.69, 9.17) is 0 Å². The van der Waals surface area contributed by atoms with E-state index in [-0.39, 0.29) is 17.9 Å². The third kappa shape index (κ3) is 4.15. The first kappa shape index (κ1) is 17.0. The highest BCUT2D eigenvalue weighted by atomic mass is 16.2. The number of pyridine rings is 1. The highest BCUT2D eigenvalue weighted by Crippen LogP contribution is 2.11. The van der Waals surface area contributed by atoms with Gasteiger partial charge >= 0.3 is 0 Å². The maximum absolute atomic E-state index is 12.6. The number of carbonyl (C=O) groups excluding carboxylic acids is 1. The van der Waals surface area contributed by atoms with E-state index in [1.807, 2.05) is 60.4 Å². The summed E-state index contributed by atoms with van der Waals surface area (Å²) < 4.78 is 0. The number of nitrogens with zero attached hydrogens (tertiary/aromatic N) is 1. The minimum Gasteiger partial charge on any atom is -0.342 e. The molecule has 0 atom stereocenters. The van der Waals surface area contributed by atoms with Crippen LogP contribution in [0.4, 0.5) is 0 Å². The summed E-state index contributed by atoms with van der Waals surface area (Å²) >= 11 is 0. The molecule has 0 spiro atoms. The number of fused-ring (bicyclic) bond motifs is 1. The Morgan fingerprint density at radius 1 is 1.04 bits per heavy atom. The topological polar surface area (TPSA) is 53.2 Å². The summed E-state index contributed by atoms with van der Waals surface area (Å²) in [6.45, 7) is 3.26. The van der Waals surface area contributed by atoms with Gasteiger partial charge in [-0.15, -0.1) is 0 Å². The molecule has 3 aromatic rings. The first-order valence-corrected chi connectivity index (χ1v) is 8.60. The average Bonchev–Trinajstić information content (AvgIpc) is 2.63. The Balaban J connectivity index is 1.71. The molecule has 4 nitrogen and oxygen atoms in total. The van der Waals surface area contributed by atoms with E-state index < -0.39 is 0 Å². The first-order valence-electron chi connectivity index (χ1n) is 8.60. The highest BCUT2D eigenvalue weighted by Gasteiger charge is 2.14. The molecule has 0 fully saturated rings. The predicted molar refractivity (Wildman–Crippen MR) is 101 cm³/mol. The van der Waals surface area contributed by atoms with E-state index in [1.165, 1.54) is 5.56 Å². The van der Waals surface area contributed by atoms with Crippen LogP contribution in [0, 0.1) is 0 Å². The number of rotatable bonds is 6. The molecule has 1 N–H and O–H groups in total. The van der Waals surface area contributed by atoms with Crippen LogP contribution in [-0.4, -0.2) is 28.9 Å². The van der Waals surface area contributed by atoms with Crippen LogP contribution < -0.4 is 5.56 Å². The van der Waals surface area contributed by atoms with Crippen molar-refractivity contribution in [3.8, 4) is 0 Å². The number of aromatic nitrogens is 1. The molecule has 0 saturated carbocycles. The Morgan fingerprint density at radius 2 is 1.76 bits per heavy atom. The molecule has 0 bridgehead atoms. The van der Waals surface area contributed by atoms with Crippen LogP contribution in [0.15, 0.2) is 65.5 Å². The summed E-state index contributed by atoms with van der Waals surface area (Å²) in [6, 6.07) is 19.5. The number of nitrogens with one attached hydrogen (secondary N) is 1. The lowest BCUT2D eigenvalue weighted by molar-refractivity contribution is -0.130. The van der Waals surface area contributed by atoms with E-state index in [2.05, 4.69) is 17.1 Å². The monoisotopic (exact) mass is 334 g/mol. The molecule has 0 saturated heterocycles. The van der Waals surface area contributed by atoms with Gasteiger partial charge in [0, 0.05) is 24.2 Å². The fourth-order valence-corrected chi connectivity index (χ4v) is 2.97. The minimum absolute atomic E-state index is 0.0146. The van der Waals surface area contributed by atoms with Crippen molar-refractivity contribution in [3.05, 3.63) is 82.1 Å². The molecule has 25 heavy (non-hydrogen) atoms. The van der Waals surface area contributed by atoms with E-state index >= 15 is 0 Å². The molecule has 3 rings (SSSR count). The summed E-state index contributed by atoms with van der Waals surface area (Å²) in [5, 5.41) is 0.942. The summed E-state index contributed by atoms with van der Waals surface area (Å²) in [5.74, 6) is -0.0146. The minimum atomic E-state index is -0.189. The van der Waals surface area contributed by atoms with Crippen LogP contribution in [0.25, 0.3) is 10.9 Å². The number of carbonyl (C=O) groups is 1. The second-order valence-electron chi connectivity index (χ2n) is 6.10. The van der Waals surface area contributed by atoms with E-state index in [0.29, 0.717) is 18.7 Å². The Kier molecular flexibility index (Phi) is 5.29. The molecule has 128 valence electrons. The summed E-state index contributed by atoms with van der Waals surface area (Å²) in [5.41, 5.74) is 2.32. The van der Waals surface area contributed by atoms with Gasteiger partial charge in [0.15, 0.2) is 0 Å². The van der Waals surface area contributed by atoms with Gasteiger partial charge in [0.2, 0.25) is 5.91 Å². The second kappa shape index (κ2) is 7.79. The van der Waals surface area contributed by atoms with Gasteiger partial charge in [-0.2, -0.15) is 0 Å². The summed E-state index contributed by atoms with van der Waals surface area (Å²) in [4.78, 5) is 29.5. The van der Waals surface area contributed by atoms with Gasteiger partial charge in [-0.25, -0.2) is 0 Å². The number of amides is 1. The van der Waals surface area contributed by atoms with Gasteiger partial charge in [0.05, 0.1) is 6.42 Å². The summed E-state index contributed by atoms with van der Waals surface area (Å²) in [7, 11) is 0. The zero-order valence-corrected chi connectivity index (χ0v) is 14.4. The normalized spacial score (nSPS) is 10.8. The number of benzene rings is 2. The Bertz CT molecular complexity index is 916. The number of likely N-dealkylation sites (N-methyl/N-ethyl adjacent to an activating group) is 1. The van der Waals surface area contributed by atoms with Gasteiger partial charge in [-0.3, -0.25) is 9.59 Å². The Labute approximate surface area is 147 Å². The number of para-hydroxylation sites is 1. The Hall–Kier alpha value is -2.88. The molecule has 0 aliphatic carbocycles. The van der Waals surface area contributed by atoms with Gasteiger partial charge < -0.3 is 9.88 Å². The molecule has 4 heteroatoms. The van der Waals surface area contributed by atoms with Gasteiger partial charge in [-0.1, -0.05) is 48.5 Å². The second-order valence-corrected chi connectivity index (χ2v) is 6.10.